The van der Waals surface area contributed by atoms with Crippen LogP contribution < -0.4 is 18.3 Å². The van der Waals surface area contributed by atoms with Crippen molar-refractivity contribution in [1.82, 2.24) is 0 Å². The van der Waals surface area contributed by atoms with Crippen LogP contribution in [-0.2, 0) is 27.2 Å². The molecule has 0 unspecified atom stereocenters. The molecule has 0 aliphatic carbocycles. The highest BCUT2D eigenvalue weighted by molar-refractivity contribution is 5.69. The summed E-state index contributed by atoms with van der Waals surface area (Å²) in [6.07, 6.45) is 39.3. The summed E-state index contributed by atoms with van der Waals surface area (Å²) in [7, 11) is 4.08. The molecule has 218 valence electrons. The highest BCUT2D eigenvalue weighted by atomic mass is 14.9. The first kappa shape index (κ1) is 31.0. The van der Waals surface area contributed by atoms with Crippen molar-refractivity contribution < 1.29 is 18.3 Å². The molecule has 0 N–H and O–H groups in total. The molecule has 0 radical (unpaired) electrons. The largest absolute Gasteiger partial charge is 0.208 e. The Hall–Kier alpha value is -3.92. The maximum atomic E-state index is 2.32. The van der Waals surface area contributed by atoms with Crippen LogP contribution in [0.5, 0.6) is 0 Å². The van der Waals surface area contributed by atoms with Gasteiger partial charge in [-0.15, -0.1) is 0 Å². The second kappa shape index (κ2) is 17.8. The molecule has 0 aromatic carbocycles. The number of hydrogen-bond donors (Lipinski definition) is 0. The molecule has 0 fully saturated rings. The van der Waals surface area contributed by atoms with E-state index in [0.29, 0.717) is 0 Å². The summed E-state index contributed by atoms with van der Waals surface area (Å²) >= 11 is 0. The molecule has 4 heterocycles. The van der Waals surface area contributed by atoms with Crippen LogP contribution in [0.4, 0.5) is 0 Å². The maximum absolute atomic E-state index is 2.32. The standard InChI is InChI=1S/C38H50N4/c1-39-27-17-35(18-28-39)13-15-37-21-31-41(32-22-37)25-11-9-7-5-3-4-6-8-10-12-26-42-33-23-38(24-34-42)16-14-36-19-29-40(2)30-20-36/h13-24,27-34H,3-12,25-26H2,1-2H3/q+4/b15-13+,16-14+. The fraction of sp³-hybridized carbons (Fsp3) is 0.368. The van der Waals surface area contributed by atoms with E-state index in [1.54, 1.807) is 0 Å². The lowest BCUT2D eigenvalue weighted by Gasteiger charge is -2.02. The predicted octanol–water partition coefficient (Wildman–Crippen LogP) is 6.85. The molecule has 0 aliphatic heterocycles. The Labute approximate surface area is 254 Å². The molecule has 0 spiro atoms. The van der Waals surface area contributed by atoms with Gasteiger partial charge in [0.05, 0.1) is 0 Å². The Morgan fingerprint density at radius 1 is 0.357 bits per heavy atom. The number of unbranched alkanes of at least 4 members (excludes halogenated alkanes) is 9. The SMILES string of the molecule is C[n+]1ccc(/C=C/c2cc[n+](CCCCCCCCCCCC[n+]3ccc(/C=C/c4cc[n+](C)cc4)cc3)cc2)cc1. The molecule has 4 nitrogen and oxygen atoms in total. The van der Waals surface area contributed by atoms with E-state index >= 15 is 0 Å². The molecule has 42 heavy (non-hydrogen) atoms. The van der Waals surface area contributed by atoms with Crippen molar-refractivity contribution in [3.05, 3.63) is 120 Å². The van der Waals surface area contributed by atoms with Gasteiger partial charge in [-0.2, -0.15) is 0 Å². The second-order valence-corrected chi connectivity index (χ2v) is 11.5. The number of aromatic nitrogens is 4. The van der Waals surface area contributed by atoms with Crippen molar-refractivity contribution in [2.24, 2.45) is 14.1 Å². The normalized spacial score (nSPS) is 11.6. The monoisotopic (exact) mass is 562 g/mol. The van der Waals surface area contributed by atoms with Crippen molar-refractivity contribution >= 4 is 24.3 Å². The van der Waals surface area contributed by atoms with Gasteiger partial charge < -0.3 is 0 Å². The number of rotatable bonds is 17. The van der Waals surface area contributed by atoms with E-state index in [1.807, 2.05) is 14.1 Å². The minimum Gasteiger partial charge on any atom is -0.208 e. The third-order valence-corrected chi connectivity index (χ3v) is 7.86. The van der Waals surface area contributed by atoms with E-state index in [0.717, 1.165) is 13.1 Å². The van der Waals surface area contributed by atoms with Gasteiger partial charge in [0.2, 0.25) is 0 Å². The Balaban J connectivity index is 0.969. The van der Waals surface area contributed by atoms with Crippen LogP contribution in [-0.4, -0.2) is 0 Å². The van der Waals surface area contributed by atoms with Crippen LogP contribution in [0.1, 0.15) is 86.5 Å². The van der Waals surface area contributed by atoms with Gasteiger partial charge in [-0.3, -0.25) is 0 Å². The molecular weight excluding hydrogens is 512 g/mol. The van der Waals surface area contributed by atoms with Crippen molar-refractivity contribution in [3.63, 3.8) is 0 Å². The third kappa shape index (κ3) is 11.9. The van der Waals surface area contributed by atoms with E-state index < -0.39 is 0 Å². The summed E-state index contributed by atoms with van der Waals surface area (Å²) in [4.78, 5) is 0. The van der Waals surface area contributed by atoms with Crippen LogP contribution in [0, 0.1) is 0 Å². The zero-order valence-corrected chi connectivity index (χ0v) is 25.8. The van der Waals surface area contributed by atoms with E-state index in [2.05, 4.69) is 141 Å². The van der Waals surface area contributed by atoms with Gasteiger partial charge in [-0.25, -0.2) is 18.3 Å². The first-order valence-electron chi connectivity index (χ1n) is 15.9. The van der Waals surface area contributed by atoms with Crippen LogP contribution in [0.25, 0.3) is 24.3 Å². The molecule has 0 bridgehead atoms. The number of hydrogen-bond acceptors (Lipinski definition) is 0. The Morgan fingerprint density at radius 3 is 0.881 bits per heavy atom. The van der Waals surface area contributed by atoms with Crippen molar-refractivity contribution in [1.29, 1.82) is 0 Å². The quantitative estimate of drug-likeness (QED) is 0.0988. The Morgan fingerprint density at radius 2 is 0.595 bits per heavy atom. The molecule has 0 amide bonds. The van der Waals surface area contributed by atoms with E-state index in [-0.39, 0.29) is 0 Å². The first-order valence-corrected chi connectivity index (χ1v) is 15.9. The molecule has 0 atom stereocenters. The molecule has 4 aromatic rings. The summed E-state index contributed by atoms with van der Waals surface area (Å²) in [5.41, 5.74) is 4.94. The average Bonchev–Trinajstić information content (AvgIpc) is 3.02. The lowest BCUT2D eigenvalue weighted by atomic mass is 10.1. The molecule has 0 saturated heterocycles. The fourth-order valence-electron chi connectivity index (χ4n) is 5.09. The summed E-state index contributed by atoms with van der Waals surface area (Å²) in [5, 5.41) is 0. The van der Waals surface area contributed by atoms with Crippen LogP contribution in [0.15, 0.2) is 98.1 Å². The lowest BCUT2D eigenvalue weighted by Crippen LogP contribution is -2.32. The van der Waals surface area contributed by atoms with Gasteiger partial charge in [0.15, 0.2) is 49.6 Å². The topological polar surface area (TPSA) is 15.5 Å². The van der Waals surface area contributed by atoms with Crippen LogP contribution in [0.2, 0.25) is 0 Å². The van der Waals surface area contributed by atoms with Crippen LogP contribution in [0.3, 0.4) is 0 Å². The molecule has 4 rings (SSSR count). The predicted molar refractivity (Wildman–Crippen MR) is 173 cm³/mol. The van der Waals surface area contributed by atoms with E-state index in [1.165, 1.54) is 86.5 Å². The molecule has 0 aliphatic rings. The van der Waals surface area contributed by atoms with Gasteiger partial charge in [0.25, 0.3) is 0 Å². The number of aryl methyl sites for hydroxylation is 4. The maximum Gasteiger partial charge on any atom is 0.169 e. The van der Waals surface area contributed by atoms with Crippen molar-refractivity contribution in [3.8, 4) is 0 Å². The fourth-order valence-corrected chi connectivity index (χ4v) is 5.09. The average molecular weight is 563 g/mol. The minimum atomic E-state index is 1.11. The van der Waals surface area contributed by atoms with Gasteiger partial charge in [-0.1, -0.05) is 62.8 Å². The molecular formula is C38H50N4+4. The minimum absolute atomic E-state index is 1.11. The summed E-state index contributed by atoms with van der Waals surface area (Å²) < 4.78 is 8.74. The molecule has 4 aromatic heterocycles. The lowest BCUT2D eigenvalue weighted by molar-refractivity contribution is -0.697. The molecule has 4 heteroatoms. The Kier molecular flexibility index (Phi) is 13.1. The summed E-state index contributed by atoms with van der Waals surface area (Å²) in [5.74, 6) is 0. The van der Waals surface area contributed by atoms with Crippen molar-refractivity contribution in [2.75, 3.05) is 0 Å². The summed E-state index contributed by atoms with van der Waals surface area (Å²) in [6.45, 7) is 2.23. The van der Waals surface area contributed by atoms with E-state index in [4.69, 9.17) is 0 Å². The van der Waals surface area contributed by atoms with Gasteiger partial charge in [-0.05, 0) is 35.1 Å². The van der Waals surface area contributed by atoms with E-state index in [9.17, 15) is 0 Å². The van der Waals surface area contributed by atoms with Gasteiger partial charge in [0, 0.05) is 61.4 Å². The number of nitrogens with zero attached hydrogens (tertiary/aromatic N) is 4. The zero-order valence-electron chi connectivity index (χ0n) is 25.8. The van der Waals surface area contributed by atoms with Crippen molar-refractivity contribution in [2.45, 2.75) is 77.3 Å². The first-order chi connectivity index (χ1) is 20.6. The summed E-state index contributed by atoms with van der Waals surface area (Å²) in [6, 6.07) is 17.4. The smallest absolute Gasteiger partial charge is 0.169 e. The highest BCUT2D eigenvalue weighted by Crippen LogP contribution is 2.11. The Bertz CT molecular complexity index is 1240. The number of pyridine rings is 4. The van der Waals surface area contributed by atoms with Gasteiger partial charge in [0.1, 0.15) is 27.2 Å². The van der Waals surface area contributed by atoms with Gasteiger partial charge >= 0.3 is 0 Å². The second-order valence-electron chi connectivity index (χ2n) is 11.5. The highest BCUT2D eigenvalue weighted by Gasteiger charge is 2.02. The third-order valence-electron chi connectivity index (χ3n) is 7.86. The molecule has 0 saturated carbocycles. The van der Waals surface area contributed by atoms with Crippen LogP contribution >= 0.6 is 0 Å². The zero-order chi connectivity index (χ0) is 29.2.